The van der Waals surface area contributed by atoms with E-state index in [4.69, 9.17) is 0 Å². The van der Waals surface area contributed by atoms with Gasteiger partial charge in [-0.1, -0.05) is 159 Å². The summed E-state index contributed by atoms with van der Waals surface area (Å²) in [5.41, 5.74) is 10.5. The highest BCUT2D eigenvalue weighted by molar-refractivity contribution is 7.19. The second kappa shape index (κ2) is 11.3. The number of para-hydroxylation sites is 1. The highest BCUT2D eigenvalue weighted by atomic mass is 28.3. The van der Waals surface area contributed by atoms with Crippen LogP contribution in [0.1, 0.15) is 31.9 Å². The van der Waals surface area contributed by atoms with Crippen molar-refractivity contribution in [3.05, 3.63) is 181 Å². The standard InChI is InChI=1S/C47H39NSi/c1-4-48-45-23-15-14-22-41(45)42-30-33(25-29-46(42)48)34-24-27-39-40-28-26-38(32-44(40)47(2,3)43(39)31-34)49(35-16-8-5-9-17-35,36-18-10-6-11-19-36)37-20-12-7-13-21-37/h5-32H,4H2,1-3H3. The van der Waals surface area contributed by atoms with Crippen molar-refractivity contribution in [3.63, 3.8) is 0 Å². The number of nitrogens with zero attached hydrogens (tertiary/aromatic N) is 1. The molecule has 0 radical (unpaired) electrons. The van der Waals surface area contributed by atoms with Gasteiger partial charge in [-0.15, -0.1) is 0 Å². The maximum absolute atomic E-state index is 2.62. The molecular formula is C47H39NSi. The quantitative estimate of drug-likeness (QED) is 0.126. The van der Waals surface area contributed by atoms with Crippen molar-refractivity contribution in [1.82, 2.24) is 4.57 Å². The van der Waals surface area contributed by atoms with Gasteiger partial charge in [0.1, 0.15) is 0 Å². The third-order valence-corrected chi connectivity index (χ3v) is 15.9. The van der Waals surface area contributed by atoms with Crippen LogP contribution in [0.15, 0.2) is 170 Å². The van der Waals surface area contributed by atoms with Gasteiger partial charge in [0.15, 0.2) is 8.07 Å². The van der Waals surface area contributed by atoms with E-state index in [0.717, 1.165) is 6.54 Å². The average Bonchev–Trinajstić information content (AvgIpc) is 3.60. The number of aryl methyl sites for hydroxylation is 1. The molecular weight excluding hydrogens is 607 g/mol. The first-order valence-electron chi connectivity index (χ1n) is 17.5. The van der Waals surface area contributed by atoms with Crippen molar-refractivity contribution in [2.45, 2.75) is 32.7 Å². The average molecular weight is 646 g/mol. The van der Waals surface area contributed by atoms with Crippen LogP contribution >= 0.6 is 0 Å². The summed E-state index contributed by atoms with van der Waals surface area (Å²) in [6.45, 7) is 8.03. The van der Waals surface area contributed by atoms with Crippen molar-refractivity contribution in [1.29, 1.82) is 0 Å². The fourth-order valence-electron chi connectivity index (χ4n) is 8.79. The van der Waals surface area contributed by atoms with Crippen LogP contribution in [0, 0.1) is 0 Å². The first kappa shape index (κ1) is 29.7. The van der Waals surface area contributed by atoms with Crippen molar-refractivity contribution in [2.24, 2.45) is 0 Å². The Morgan fingerprint density at radius 1 is 0.449 bits per heavy atom. The Morgan fingerprint density at radius 2 is 0.939 bits per heavy atom. The monoisotopic (exact) mass is 645 g/mol. The third-order valence-electron chi connectivity index (χ3n) is 11.2. The summed E-state index contributed by atoms with van der Waals surface area (Å²) >= 11 is 0. The highest BCUT2D eigenvalue weighted by Crippen LogP contribution is 2.49. The summed E-state index contributed by atoms with van der Waals surface area (Å²) in [7, 11) is -2.62. The normalized spacial score (nSPS) is 13.4. The third kappa shape index (κ3) is 4.37. The second-order valence-electron chi connectivity index (χ2n) is 14.0. The lowest BCUT2D eigenvalue weighted by Gasteiger charge is -2.35. The topological polar surface area (TPSA) is 4.93 Å². The molecule has 0 N–H and O–H groups in total. The molecule has 1 nitrogen and oxygen atoms in total. The second-order valence-corrected chi connectivity index (χ2v) is 17.8. The molecule has 0 amide bonds. The molecule has 9 rings (SSSR count). The highest BCUT2D eigenvalue weighted by Gasteiger charge is 2.43. The molecule has 1 heterocycles. The number of rotatable bonds is 6. The van der Waals surface area contributed by atoms with Crippen LogP contribution in [0.2, 0.25) is 0 Å². The van der Waals surface area contributed by atoms with Gasteiger partial charge in [-0.05, 0) is 85.3 Å². The zero-order chi connectivity index (χ0) is 33.2. The SMILES string of the molecule is CCn1c2ccccc2c2cc(-c3ccc4c(c3)C(C)(C)c3cc([Si](c5ccccc5)(c5ccccc5)c5ccccc5)ccc3-4)ccc21. The molecule has 0 aliphatic heterocycles. The van der Waals surface area contributed by atoms with E-state index < -0.39 is 8.07 Å². The van der Waals surface area contributed by atoms with Crippen molar-refractivity contribution in [3.8, 4) is 22.3 Å². The van der Waals surface area contributed by atoms with E-state index in [0.29, 0.717) is 0 Å². The Morgan fingerprint density at radius 3 is 1.55 bits per heavy atom. The Bertz CT molecular complexity index is 2390. The van der Waals surface area contributed by atoms with Crippen molar-refractivity contribution < 1.29 is 0 Å². The predicted octanol–water partition coefficient (Wildman–Crippen LogP) is 9.17. The number of aromatic nitrogens is 1. The van der Waals surface area contributed by atoms with Crippen LogP contribution in [-0.4, -0.2) is 12.6 Å². The summed E-state index contributed by atoms with van der Waals surface area (Å²) in [5, 5.41) is 8.29. The van der Waals surface area contributed by atoms with Crippen LogP contribution in [0.5, 0.6) is 0 Å². The lowest BCUT2D eigenvalue weighted by Crippen LogP contribution is -2.74. The first-order valence-corrected chi connectivity index (χ1v) is 19.5. The van der Waals surface area contributed by atoms with E-state index in [2.05, 4.69) is 195 Å². The van der Waals surface area contributed by atoms with Crippen LogP contribution in [0.4, 0.5) is 0 Å². The molecule has 2 heteroatoms. The van der Waals surface area contributed by atoms with Crippen LogP contribution in [0.3, 0.4) is 0 Å². The zero-order valence-corrected chi connectivity index (χ0v) is 29.3. The molecule has 0 atom stereocenters. The minimum Gasteiger partial charge on any atom is -0.341 e. The summed E-state index contributed by atoms with van der Waals surface area (Å²) in [5.74, 6) is 0. The molecule has 1 aliphatic rings. The van der Waals surface area contributed by atoms with E-state index in [-0.39, 0.29) is 5.41 Å². The molecule has 0 saturated heterocycles. The van der Waals surface area contributed by atoms with E-state index in [1.54, 1.807) is 0 Å². The van der Waals surface area contributed by atoms with E-state index >= 15 is 0 Å². The zero-order valence-electron chi connectivity index (χ0n) is 28.3. The molecule has 1 aliphatic carbocycles. The van der Waals surface area contributed by atoms with Gasteiger partial charge in [0.25, 0.3) is 0 Å². The fourth-order valence-corrected chi connectivity index (χ4v) is 13.6. The molecule has 0 fully saturated rings. The summed E-state index contributed by atoms with van der Waals surface area (Å²) < 4.78 is 2.43. The molecule has 49 heavy (non-hydrogen) atoms. The van der Waals surface area contributed by atoms with Crippen LogP contribution in [-0.2, 0) is 12.0 Å². The van der Waals surface area contributed by atoms with Crippen LogP contribution < -0.4 is 20.7 Å². The molecule has 1 aromatic heterocycles. The lowest BCUT2D eigenvalue weighted by molar-refractivity contribution is 0.661. The van der Waals surface area contributed by atoms with Crippen molar-refractivity contribution in [2.75, 3.05) is 0 Å². The lowest BCUT2D eigenvalue weighted by atomic mass is 9.81. The molecule has 0 saturated carbocycles. The van der Waals surface area contributed by atoms with Gasteiger partial charge in [-0.2, -0.15) is 0 Å². The Labute approximate surface area is 290 Å². The Kier molecular flexibility index (Phi) is 6.86. The maximum Gasteiger partial charge on any atom is 0.179 e. The van der Waals surface area contributed by atoms with E-state index in [1.165, 1.54) is 75.9 Å². The summed E-state index contributed by atoms with van der Waals surface area (Å²) in [4.78, 5) is 0. The Balaban J connectivity index is 1.21. The first-order chi connectivity index (χ1) is 24.0. The van der Waals surface area contributed by atoms with Gasteiger partial charge < -0.3 is 4.57 Å². The molecule has 8 aromatic rings. The summed E-state index contributed by atoms with van der Waals surface area (Å²) in [6, 6.07) is 64.1. The molecule has 7 aromatic carbocycles. The minimum atomic E-state index is -2.62. The predicted molar refractivity (Wildman–Crippen MR) is 212 cm³/mol. The summed E-state index contributed by atoms with van der Waals surface area (Å²) in [6.07, 6.45) is 0. The van der Waals surface area contributed by atoms with Gasteiger partial charge in [0, 0.05) is 33.8 Å². The largest absolute Gasteiger partial charge is 0.341 e. The smallest absolute Gasteiger partial charge is 0.179 e. The number of hydrogen-bond acceptors (Lipinski definition) is 0. The van der Waals surface area contributed by atoms with Gasteiger partial charge in [-0.25, -0.2) is 0 Å². The number of benzene rings is 7. The molecule has 236 valence electrons. The van der Waals surface area contributed by atoms with E-state index in [9.17, 15) is 0 Å². The van der Waals surface area contributed by atoms with Crippen LogP contribution in [0.25, 0.3) is 44.1 Å². The fraction of sp³-hybridized carbons (Fsp3) is 0.106. The van der Waals surface area contributed by atoms with Gasteiger partial charge in [0.2, 0.25) is 0 Å². The van der Waals surface area contributed by atoms with E-state index in [1.807, 2.05) is 0 Å². The van der Waals surface area contributed by atoms with Crippen molar-refractivity contribution >= 4 is 50.6 Å². The molecule has 0 spiro atoms. The molecule has 0 unspecified atom stereocenters. The number of fused-ring (bicyclic) bond motifs is 6. The van der Waals surface area contributed by atoms with Gasteiger partial charge in [0.05, 0.1) is 0 Å². The van der Waals surface area contributed by atoms with Gasteiger partial charge in [-0.3, -0.25) is 0 Å². The van der Waals surface area contributed by atoms with Gasteiger partial charge >= 0.3 is 0 Å². The Hall–Kier alpha value is -5.44. The number of hydrogen-bond donors (Lipinski definition) is 0. The maximum atomic E-state index is 2.57. The molecule has 0 bridgehead atoms. The minimum absolute atomic E-state index is 0.150.